The molecule has 11 heteroatoms. The highest BCUT2D eigenvalue weighted by Gasteiger charge is 2.27. The minimum atomic E-state index is -0.743. The average Bonchev–Trinajstić information content (AvgIpc) is 3.53. The molecule has 4 heterocycles. The maximum atomic E-state index is 14.1. The zero-order valence-electron chi connectivity index (χ0n) is 25.0. The monoisotopic (exact) mass is 621 g/mol. The van der Waals surface area contributed by atoms with Gasteiger partial charge in [-0.3, -0.25) is 9.59 Å². The molecule has 0 radical (unpaired) electrons. The van der Waals surface area contributed by atoms with Crippen LogP contribution in [0, 0.1) is 5.92 Å². The number of anilines is 2. The van der Waals surface area contributed by atoms with Crippen LogP contribution < -0.4 is 21.1 Å². The highest BCUT2D eigenvalue weighted by molar-refractivity contribution is 7.13. The van der Waals surface area contributed by atoms with Crippen LogP contribution in [-0.2, 0) is 11.3 Å². The first-order valence-electron chi connectivity index (χ1n) is 14.4. The SMILES string of the molecule is COC(=O)c1nc(C(=O)NCCC(C)C)ccc1-c1cc2c(cc1C(=O)Nc1ccc3c(N)nccc3c1)-c1sccc1CO2. The molecule has 3 aromatic heterocycles. The molecular formula is C34H31N5O5S. The number of nitrogen functional groups attached to an aromatic ring is 1. The summed E-state index contributed by atoms with van der Waals surface area (Å²) in [6, 6.07) is 15.8. The van der Waals surface area contributed by atoms with Crippen molar-refractivity contribution in [2.45, 2.75) is 26.9 Å². The number of nitrogens with two attached hydrogens (primary N) is 1. The molecule has 10 nitrogen and oxygen atoms in total. The summed E-state index contributed by atoms with van der Waals surface area (Å²) in [5.41, 5.74) is 9.35. The normalized spacial score (nSPS) is 11.8. The smallest absolute Gasteiger partial charge is 0.357 e. The van der Waals surface area contributed by atoms with Crippen LogP contribution in [0.3, 0.4) is 0 Å². The number of ether oxygens (including phenoxy) is 2. The number of hydrogen-bond donors (Lipinski definition) is 3. The molecule has 0 bridgehead atoms. The Balaban J connectivity index is 1.45. The second-order valence-electron chi connectivity index (χ2n) is 11.1. The Morgan fingerprint density at radius 3 is 2.67 bits per heavy atom. The summed E-state index contributed by atoms with van der Waals surface area (Å²) in [7, 11) is 1.24. The third kappa shape index (κ3) is 5.94. The van der Waals surface area contributed by atoms with E-state index in [-0.39, 0.29) is 17.0 Å². The summed E-state index contributed by atoms with van der Waals surface area (Å²) in [5.74, 6) is -0.184. The molecule has 6 rings (SSSR count). The standard InChI is InChI=1S/C34H31N5O5S/c1-18(2)8-11-37-33(41)27-7-6-23(29(39-27)34(42)43-3)24-16-28-26(30-20(17-44-28)10-13-45-30)15-25(24)32(40)38-21-4-5-22-19(14-21)9-12-36-31(22)35/h4-7,9-10,12-16,18H,8,11,17H2,1-3H3,(H2,35,36)(H,37,41)(H,38,40). The number of amides is 2. The van der Waals surface area contributed by atoms with Gasteiger partial charge in [0.15, 0.2) is 5.69 Å². The van der Waals surface area contributed by atoms with Gasteiger partial charge in [-0.25, -0.2) is 14.8 Å². The van der Waals surface area contributed by atoms with Gasteiger partial charge in [0.05, 0.1) is 7.11 Å². The van der Waals surface area contributed by atoms with Gasteiger partial charge in [0, 0.05) is 56.5 Å². The lowest BCUT2D eigenvalue weighted by Gasteiger charge is -2.22. The number of aromatic nitrogens is 2. The van der Waals surface area contributed by atoms with Crippen LogP contribution in [0.2, 0.25) is 0 Å². The lowest BCUT2D eigenvalue weighted by atomic mass is 9.92. The van der Waals surface area contributed by atoms with Crippen molar-refractivity contribution in [3.63, 3.8) is 0 Å². The quantitative estimate of drug-likeness (QED) is 0.171. The molecule has 0 saturated carbocycles. The predicted octanol–water partition coefficient (Wildman–Crippen LogP) is 6.31. The number of benzene rings is 2. The molecule has 1 aliphatic rings. The van der Waals surface area contributed by atoms with Crippen molar-refractivity contribution in [2.24, 2.45) is 5.92 Å². The van der Waals surface area contributed by atoms with Crippen LogP contribution in [0.25, 0.3) is 32.3 Å². The zero-order chi connectivity index (χ0) is 31.7. The number of nitrogens with one attached hydrogen (secondary N) is 2. The minimum absolute atomic E-state index is 0.0660. The number of pyridine rings is 2. The van der Waals surface area contributed by atoms with E-state index in [1.54, 1.807) is 47.9 Å². The third-order valence-corrected chi connectivity index (χ3v) is 8.59. The maximum absolute atomic E-state index is 14.1. The van der Waals surface area contributed by atoms with Gasteiger partial charge in [-0.15, -0.1) is 11.3 Å². The summed E-state index contributed by atoms with van der Waals surface area (Å²) in [5, 5.41) is 9.41. The molecule has 0 saturated heterocycles. The number of nitrogens with zero attached hydrogens (tertiary/aromatic N) is 2. The Bertz CT molecular complexity index is 1970. The lowest BCUT2D eigenvalue weighted by Crippen LogP contribution is -2.27. The molecule has 0 spiro atoms. The fraction of sp³-hybridized carbons (Fsp3) is 0.206. The van der Waals surface area contributed by atoms with Crippen LogP contribution in [0.5, 0.6) is 5.75 Å². The zero-order valence-corrected chi connectivity index (χ0v) is 25.8. The summed E-state index contributed by atoms with van der Waals surface area (Å²) < 4.78 is 11.2. The van der Waals surface area contributed by atoms with Crippen molar-refractivity contribution in [2.75, 3.05) is 24.7 Å². The number of methoxy groups -OCH3 is 1. The minimum Gasteiger partial charge on any atom is -0.488 e. The Hall–Kier alpha value is -5.29. The number of esters is 1. The van der Waals surface area contributed by atoms with E-state index in [1.165, 1.54) is 13.2 Å². The first kappa shape index (κ1) is 29.8. The van der Waals surface area contributed by atoms with E-state index < -0.39 is 17.8 Å². The molecule has 228 valence electrons. The molecular weight excluding hydrogens is 590 g/mol. The average molecular weight is 622 g/mol. The Kier molecular flexibility index (Phi) is 8.18. The number of carbonyl (C=O) groups excluding carboxylic acids is 3. The van der Waals surface area contributed by atoms with Crippen LogP contribution >= 0.6 is 11.3 Å². The number of rotatable bonds is 8. The first-order chi connectivity index (χ1) is 21.7. The summed E-state index contributed by atoms with van der Waals surface area (Å²) in [4.78, 5) is 49.6. The van der Waals surface area contributed by atoms with Gasteiger partial charge in [-0.1, -0.05) is 13.8 Å². The van der Waals surface area contributed by atoms with Crippen LogP contribution in [0.15, 0.2) is 66.2 Å². The van der Waals surface area contributed by atoms with Crippen molar-refractivity contribution in [1.82, 2.24) is 15.3 Å². The van der Waals surface area contributed by atoms with Gasteiger partial charge in [0.2, 0.25) is 0 Å². The first-order valence-corrected chi connectivity index (χ1v) is 15.3. The Morgan fingerprint density at radius 2 is 1.87 bits per heavy atom. The number of hydrogen-bond acceptors (Lipinski definition) is 9. The van der Waals surface area contributed by atoms with Crippen molar-refractivity contribution < 1.29 is 23.9 Å². The topological polar surface area (TPSA) is 146 Å². The van der Waals surface area contributed by atoms with Crippen molar-refractivity contribution >= 4 is 51.4 Å². The summed E-state index contributed by atoms with van der Waals surface area (Å²) in [6.45, 7) is 4.99. The lowest BCUT2D eigenvalue weighted by molar-refractivity contribution is 0.0594. The van der Waals surface area contributed by atoms with Crippen LogP contribution in [0.4, 0.5) is 11.5 Å². The molecule has 0 unspecified atom stereocenters. The van der Waals surface area contributed by atoms with Crippen LogP contribution in [0.1, 0.15) is 57.2 Å². The number of fused-ring (bicyclic) bond motifs is 4. The van der Waals surface area contributed by atoms with Crippen molar-refractivity contribution in [3.05, 3.63) is 88.7 Å². The summed E-state index contributed by atoms with van der Waals surface area (Å²) in [6.07, 6.45) is 2.41. The van der Waals surface area contributed by atoms with Gasteiger partial charge in [0.1, 0.15) is 23.9 Å². The largest absolute Gasteiger partial charge is 0.488 e. The molecule has 45 heavy (non-hydrogen) atoms. The van der Waals surface area contributed by atoms with Gasteiger partial charge in [-0.05, 0) is 77.7 Å². The molecule has 1 aliphatic heterocycles. The molecule has 0 aliphatic carbocycles. The van der Waals surface area contributed by atoms with Crippen molar-refractivity contribution in [3.8, 4) is 27.3 Å². The molecule has 0 atom stereocenters. The van der Waals surface area contributed by atoms with Gasteiger partial charge in [0.25, 0.3) is 11.8 Å². The van der Waals surface area contributed by atoms with E-state index in [1.807, 2.05) is 23.6 Å². The molecule has 4 N–H and O–H groups in total. The van der Waals surface area contributed by atoms with E-state index in [4.69, 9.17) is 15.2 Å². The maximum Gasteiger partial charge on any atom is 0.357 e. The van der Waals surface area contributed by atoms with Gasteiger partial charge < -0.3 is 25.8 Å². The van der Waals surface area contributed by atoms with Gasteiger partial charge in [-0.2, -0.15) is 0 Å². The summed E-state index contributed by atoms with van der Waals surface area (Å²) >= 11 is 1.56. The van der Waals surface area contributed by atoms with Crippen LogP contribution in [-0.4, -0.2) is 41.4 Å². The molecule has 2 aromatic carbocycles. The second-order valence-corrected chi connectivity index (χ2v) is 12.0. The number of carbonyl (C=O) groups is 3. The highest BCUT2D eigenvalue weighted by Crippen LogP contribution is 2.44. The van der Waals surface area contributed by atoms with Crippen molar-refractivity contribution in [1.29, 1.82) is 0 Å². The predicted molar refractivity (Wildman–Crippen MR) is 175 cm³/mol. The van der Waals surface area contributed by atoms with Gasteiger partial charge >= 0.3 is 5.97 Å². The molecule has 0 fully saturated rings. The van der Waals surface area contributed by atoms with E-state index >= 15 is 0 Å². The van der Waals surface area contributed by atoms with E-state index in [0.29, 0.717) is 47.5 Å². The van der Waals surface area contributed by atoms with E-state index in [2.05, 4.69) is 34.4 Å². The molecule has 2 amide bonds. The number of thiophene rings is 1. The Labute approximate surface area is 263 Å². The fourth-order valence-corrected chi connectivity index (χ4v) is 6.16. The Morgan fingerprint density at radius 1 is 1.02 bits per heavy atom. The fourth-order valence-electron chi connectivity index (χ4n) is 5.23. The van der Waals surface area contributed by atoms with E-state index in [9.17, 15) is 14.4 Å². The third-order valence-electron chi connectivity index (χ3n) is 7.60. The highest BCUT2D eigenvalue weighted by atomic mass is 32.1. The van der Waals surface area contributed by atoms with E-state index in [0.717, 1.165) is 33.2 Å². The second kappa shape index (κ2) is 12.4. The molecule has 5 aromatic rings.